The van der Waals surface area contributed by atoms with E-state index in [9.17, 15) is 14.7 Å². The average molecular weight is 322 g/mol. The molecule has 128 valence electrons. The molecule has 2 aliphatic carbocycles. The number of H-pyrrole nitrogens is 1. The molecule has 3 atom stereocenters. The Balaban J connectivity index is 1.53. The lowest BCUT2D eigenvalue weighted by molar-refractivity contribution is 0.0255. The van der Waals surface area contributed by atoms with Gasteiger partial charge in [-0.15, -0.1) is 0 Å². The maximum absolute atomic E-state index is 12.0. The second kappa shape index (κ2) is 6.15. The lowest BCUT2D eigenvalue weighted by atomic mass is 9.90. The monoisotopic (exact) mass is 322 g/mol. The van der Waals surface area contributed by atoms with Crippen molar-refractivity contribution >= 4 is 6.09 Å². The Kier molecular flexibility index (Phi) is 4.36. The second-order valence-corrected chi connectivity index (χ2v) is 7.67. The Morgan fingerprint density at radius 1 is 1.52 bits per heavy atom. The number of aliphatic hydroxyl groups excluding tert-OH is 1. The summed E-state index contributed by atoms with van der Waals surface area (Å²) >= 11 is 0. The molecule has 1 aromatic rings. The van der Waals surface area contributed by atoms with Gasteiger partial charge in [0.25, 0.3) is 5.56 Å². The molecular formula is C17H26N2O4. The average Bonchev–Trinajstić information content (AvgIpc) is 3.37. The summed E-state index contributed by atoms with van der Waals surface area (Å²) in [6, 6.07) is 1.29. The van der Waals surface area contributed by atoms with Crippen LogP contribution in [0, 0.1) is 23.7 Å². The van der Waals surface area contributed by atoms with Crippen molar-refractivity contribution in [2.75, 3.05) is 6.61 Å². The van der Waals surface area contributed by atoms with Gasteiger partial charge in [-0.05, 0) is 69.6 Å². The van der Waals surface area contributed by atoms with Gasteiger partial charge in [0.05, 0.1) is 0 Å². The van der Waals surface area contributed by atoms with Crippen LogP contribution in [0.1, 0.15) is 46.0 Å². The highest BCUT2D eigenvalue weighted by atomic mass is 16.6. The van der Waals surface area contributed by atoms with E-state index in [4.69, 9.17) is 4.74 Å². The Labute approximate surface area is 135 Å². The van der Waals surface area contributed by atoms with Crippen molar-refractivity contribution in [1.82, 2.24) is 9.78 Å². The first-order chi connectivity index (χ1) is 10.9. The normalized spacial score (nSPS) is 25.2. The Hall–Kier alpha value is -1.56. The minimum absolute atomic E-state index is 0.268. The highest BCUT2D eigenvalue weighted by Gasteiger charge is 2.49. The zero-order valence-electron chi connectivity index (χ0n) is 13.8. The third kappa shape index (κ3) is 4.05. The molecule has 0 spiro atoms. The molecule has 2 fully saturated rings. The van der Waals surface area contributed by atoms with E-state index >= 15 is 0 Å². The Bertz CT molecular complexity index is 614. The van der Waals surface area contributed by atoms with Crippen LogP contribution in [0.15, 0.2) is 17.1 Å². The van der Waals surface area contributed by atoms with E-state index < -0.39 is 11.7 Å². The number of nitrogens with zero attached hydrogens (tertiary/aromatic N) is 1. The zero-order valence-corrected chi connectivity index (χ0v) is 13.8. The number of nitrogens with one attached hydrogen (secondary N) is 1. The predicted molar refractivity (Wildman–Crippen MR) is 85.1 cm³/mol. The fraction of sp³-hybridized carbons (Fsp3) is 0.765. The first-order valence-electron chi connectivity index (χ1n) is 8.51. The summed E-state index contributed by atoms with van der Waals surface area (Å²) in [5.74, 6) is 2.67. The molecule has 2 aliphatic rings. The van der Waals surface area contributed by atoms with Gasteiger partial charge in [-0.3, -0.25) is 9.89 Å². The maximum atomic E-state index is 12.0. The summed E-state index contributed by atoms with van der Waals surface area (Å²) in [4.78, 5) is 23.1. The number of hydrogen-bond acceptors (Lipinski definition) is 4. The van der Waals surface area contributed by atoms with Gasteiger partial charge >= 0.3 is 6.09 Å². The first kappa shape index (κ1) is 16.3. The molecule has 0 saturated heterocycles. The van der Waals surface area contributed by atoms with Crippen molar-refractivity contribution in [2.45, 2.75) is 51.6 Å². The third-order valence-electron chi connectivity index (χ3n) is 5.14. The molecule has 0 aliphatic heterocycles. The molecule has 0 amide bonds. The van der Waals surface area contributed by atoms with E-state index in [1.807, 2.05) is 13.8 Å². The largest absolute Gasteiger partial charge is 0.442 e. The molecular weight excluding hydrogens is 296 g/mol. The third-order valence-corrected chi connectivity index (χ3v) is 5.14. The van der Waals surface area contributed by atoms with Gasteiger partial charge < -0.3 is 9.84 Å². The van der Waals surface area contributed by atoms with E-state index in [1.54, 1.807) is 0 Å². The molecule has 2 saturated carbocycles. The van der Waals surface area contributed by atoms with Gasteiger partial charge in [0.2, 0.25) is 0 Å². The SMILES string of the molecule is CC(C)(CC1CC1C(CCO)C1CC1)OC(=O)n1ccc(=O)[nH]1. The summed E-state index contributed by atoms with van der Waals surface area (Å²) in [6.07, 6.45) is 6.32. The van der Waals surface area contributed by atoms with Crippen molar-refractivity contribution in [2.24, 2.45) is 23.7 Å². The van der Waals surface area contributed by atoms with Crippen molar-refractivity contribution < 1.29 is 14.6 Å². The van der Waals surface area contributed by atoms with Crippen LogP contribution >= 0.6 is 0 Å². The van der Waals surface area contributed by atoms with Gasteiger partial charge in [-0.25, -0.2) is 4.79 Å². The molecule has 2 N–H and O–H groups in total. The summed E-state index contributed by atoms with van der Waals surface area (Å²) < 4.78 is 6.63. The van der Waals surface area contributed by atoms with Crippen LogP contribution in [0.2, 0.25) is 0 Å². The van der Waals surface area contributed by atoms with Crippen molar-refractivity contribution in [3.8, 4) is 0 Å². The molecule has 6 heteroatoms. The molecule has 0 aromatic carbocycles. The molecule has 3 unspecified atom stereocenters. The molecule has 23 heavy (non-hydrogen) atoms. The summed E-state index contributed by atoms with van der Waals surface area (Å²) in [6.45, 7) is 4.10. The van der Waals surface area contributed by atoms with E-state index in [2.05, 4.69) is 5.10 Å². The minimum atomic E-state index is -0.565. The fourth-order valence-corrected chi connectivity index (χ4v) is 3.90. The van der Waals surface area contributed by atoms with E-state index in [1.165, 1.54) is 31.5 Å². The van der Waals surface area contributed by atoms with Crippen molar-refractivity contribution in [3.05, 3.63) is 22.6 Å². The van der Waals surface area contributed by atoms with Gasteiger partial charge in [0.15, 0.2) is 0 Å². The minimum Gasteiger partial charge on any atom is -0.442 e. The van der Waals surface area contributed by atoms with Crippen LogP contribution in [0.25, 0.3) is 0 Å². The topological polar surface area (TPSA) is 84.3 Å². The van der Waals surface area contributed by atoms with Crippen LogP contribution in [-0.2, 0) is 4.74 Å². The lowest BCUT2D eigenvalue weighted by Gasteiger charge is -2.26. The summed E-state index contributed by atoms with van der Waals surface area (Å²) in [5, 5.41) is 11.6. The number of hydrogen-bond donors (Lipinski definition) is 2. The predicted octanol–water partition coefficient (Wildman–Crippen LogP) is 2.37. The molecule has 1 aromatic heterocycles. The molecule has 3 rings (SSSR count). The summed E-state index contributed by atoms with van der Waals surface area (Å²) in [5.41, 5.74) is -0.886. The number of carbonyl (C=O) groups is 1. The van der Waals surface area contributed by atoms with Gasteiger partial charge in [0, 0.05) is 18.9 Å². The maximum Gasteiger partial charge on any atom is 0.433 e. The Morgan fingerprint density at radius 2 is 2.26 bits per heavy atom. The van der Waals surface area contributed by atoms with Crippen LogP contribution < -0.4 is 5.56 Å². The quantitative estimate of drug-likeness (QED) is 0.807. The van der Waals surface area contributed by atoms with E-state index in [0.29, 0.717) is 17.8 Å². The van der Waals surface area contributed by atoms with Crippen LogP contribution in [0.4, 0.5) is 4.79 Å². The van der Waals surface area contributed by atoms with Crippen molar-refractivity contribution in [3.63, 3.8) is 0 Å². The highest BCUT2D eigenvalue weighted by Crippen LogP contribution is 2.56. The smallest absolute Gasteiger partial charge is 0.433 e. The zero-order chi connectivity index (χ0) is 16.6. The number of aromatic amines is 1. The lowest BCUT2D eigenvalue weighted by Crippen LogP contribution is -2.32. The number of aliphatic hydroxyl groups is 1. The van der Waals surface area contributed by atoms with Gasteiger partial charge in [0.1, 0.15) is 5.60 Å². The highest BCUT2D eigenvalue weighted by molar-refractivity contribution is 5.69. The van der Waals surface area contributed by atoms with Crippen LogP contribution in [0.3, 0.4) is 0 Å². The first-order valence-corrected chi connectivity index (χ1v) is 8.51. The molecule has 6 nitrogen and oxygen atoms in total. The van der Waals surface area contributed by atoms with E-state index in [-0.39, 0.29) is 12.2 Å². The Morgan fingerprint density at radius 3 is 2.83 bits per heavy atom. The van der Waals surface area contributed by atoms with Gasteiger partial charge in [-0.1, -0.05) is 0 Å². The molecule has 1 heterocycles. The van der Waals surface area contributed by atoms with Crippen LogP contribution in [0.5, 0.6) is 0 Å². The summed E-state index contributed by atoms with van der Waals surface area (Å²) in [7, 11) is 0. The van der Waals surface area contributed by atoms with Crippen LogP contribution in [-0.4, -0.2) is 33.2 Å². The number of ether oxygens (including phenoxy) is 1. The fourth-order valence-electron chi connectivity index (χ4n) is 3.90. The van der Waals surface area contributed by atoms with Crippen molar-refractivity contribution in [1.29, 1.82) is 0 Å². The number of carbonyl (C=O) groups excluding carboxylic acids is 1. The standard InChI is InChI=1S/C17H26N2O4/c1-17(2,23-16(22)19-7-5-15(21)18-19)10-12-9-14(12)13(6-8-20)11-3-4-11/h5,7,11-14,20H,3-4,6,8-10H2,1-2H3,(H,18,21). The van der Waals surface area contributed by atoms with E-state index in [0.717, 1.165) is 23.4 Å². The number of rotatable bonds is 7. The van der Waals surface area contributed by atoms with Gasteiger partial charge in [-0.2, -0.15) is 4.68 Å². The second-order valence-electron chi connectivity index (χ2n) is 7.67. The molecule has 0 bridgehead atoms. The number of aromatic nitrogens is 2. The molecule has 0 radical (unpaired) electrons.